The Morgan fingerprint density at radius 2 is 1.53 bits per heavy atom. The summed E-state index contributed by atoms with van der Waals surface area (Å²) in [4.78, 5) is 30.8. The van der Waals surface area contributed by atoms with E-state index in [1.165, 1.54) is 11.1 Å². The van der Waals surface area contributed by atoms with Gasteiger partial charge in [-0.15, -0.1) is 0 Å². The van der Waals surface area contributed by atoms with E-state index in [2.05, 4.69) is 61.9 Å². The summed E-state index contributed by atoms with van der Waals surface area (Å²) in [7, 11) is 1.62. The fraction of sp³-hybridized carbons (Fsp3) is 0.438. The van der Waals surface area contributed by atoms with Crippen LogP contribution in [0.1, 0.15) is 62.9 Å². The molecule has 2 atom stereocenters. The number of methoxy groups -OCH3 is 1. The predicted octanol–water partition coefficient (Wildman–Crippen LogP) is 5.85. The van der Waals surface area contributed by atoms with E-state index >= 15 is 0 Å². The Morgan fingerprint density at radius 1 is 0.868 bits per heavy atom. The molecule has 1 aromatic heterocycles. The molecule has 0 aliphatic heterocycles. The van der Waals surface area contributed by atoms with E-state index in [1.54, 1.807) is 12.0 Å². The normalized spacial score (nSPS) is 12.6. The highest BCUT2D eigenvalue weighted by atomic mass is 16.5. The number of hydrogen-bond donors (Lipinski definition) is 0. The minimum absolute atomic E-state index is 0.0219. The second-order valence-electron chi connectivity index (χ2n) is 10.1. The highest BCUT2D eigenvalue weighted by molar-refractivity contribution is 5.86. The number of aromatic nitrogens is 1. The average molecular weight is 518 g/mol. The van der Waals surface area contributed by atoms with Crippen LogP contribution in [0.5, 0.6) is 5.75 Å². The lowest BCUT2D eigenvalue weighted by molar-refractivity contribution is -0.143. The first-order valence-corrected chi connectivity index (χ1v) is 13.7. The van der Waals surface area contributed by atoms with Gasteiger partial charge in [-0.3, -0.25) is 9.59 Å². The van der Waals surface area contributed by atoms with Crippen LogP contribution in [0.25, 0.3) is 0 Å². The van der Waals surface area contributed by atoms with E-state index < -0.39 is 0 Å². The molecule has 0 saturated heterocycles. The van der Waals surface area contributed by atoms with Gasteiger partial charge in [0.2, 0.25) is 11.8 Å². The molecule has 0 aliphatic carbocycles. The Kier molecular flexibility index (Phi) is 10.6. The van der Waals surface area contributed by atoms with Crippen molar-refractivity contribution >= 4 is 11.8 Å². The van der Waals surface area contributed by atoms with Gasteiger partial charge in [-0.2, -0.15) is 0 Å². The summed E-state index contributed by atoms with van der Waals surface area (Å²) in [5, 5.41) is 0. The van der Waals surface area contributed by atoms with Crippen LogP contribution < -0.4 is 4.74 Å². The van der Waals surface area contributed by atoms with Gasteiger partial charge >= 0.3 is 0 Å². The first-order valence-electron chi connectivity index (χ1n) is 13.7. The predicted molar refractivity (Wildman–Crippen MR) is 153 cm³/mol. The van der Waals surface area contributed by atoms with Crippen molar-refractivity contribution in [3.05, 3.63) is 89.2 Å². The zero-order chi connectivity index (χ0) is 27.7. The van der Waals surface area contributed by atoms with Crippen LogP contribution in [0.3, 0.4) is 0 Å². The maximum atomic E-state index is 13.8. The quantitative estimate of drug-likeness (QED) is 0.286. The molecule has 2 unspecified atom stereocenters. The molecule has 3 rings (SSSR count). The third kappa shape index (κ3) is 7.50. The van der Waals surface area contributed by atoms with Gasteiger partial charge < -0.3 is 19.1 Å². The largest absolute Gasteiger partial charge is 0.497 e. The summed E-state index contributed by atoms with van der Waals surface area (Å²) in [6.07, 6.45) is 3.95. The Hall–Kier alpha value is -3.54. The van der Waals surface area contributed by atoms with E-state index in [4.69, 9.17) is 4.74 Å². The van der Waals surface area contributed by atoms with Crippen molar-refractivity contribution in [2.75, 3.05) is 13.7 Å². The maximum Gasteiger partial charge on any atom is 0.242 e. The third-order valence-electron chi connectivity index (χ3n) is 7.56. The standard InChI is InChI=1S/C32H43N3O3/c1-7-25(4)34(22-29-14-11-19-33(29)21-28-13-10-9-12-24(28)3)32(37)23-35(26(5)8-2)31(36)20-27-15-17-30(38-6)18-16-27/h9-19,25-26H,7-8,20-23H2,1-6H3. The molecule has 204 valence electrons. The average Bonchev–Trinajstić information content (AvgIpc) is 3.37. The fourth-order valence-corrected chi connectivity index (χ4v) is 4.57. The monoisotopic (exact) mass is 517 g/mol. The van der Waals surface area contributed by atoms with E-state index in [0.717, 1.165) is 36.4 Å². The molecule has 0 radical (unpaired) electrons. The third-order valence-corrected chi connectivity index (χ3v) is 7.56. The number of benzene rings is 2. The van der Waals surface area contributed by atoms with Gasteiger partial charge in [0.15, 0.2) is 0 Å². The number of ether oxygens (including phenoxy) is 1. The molecule has 0 fully saturated rings. The molecular formula is C32H43N3O3. The minimum Gasteiger partial charge on any atom is -0.497 e. The molecule has 0 saturated carbocycles. The Balaban J connectivity index is 1.77. The van der Waals surface area contributed by atoms with Gasteiger partial charge in [0.05, 0.1) is 20.1 Å². The molecule has 6 nitrogen and oxygen atoms in total. The first-order chi connectivity index (χ1) is 18.3. The number of nitrogens with zero attached hydrogens (tertiary/aromatic N) is 3. The highest BCUT2D eigenvalue weighted by Gasteiger charge is 2.27. The van der Waals surface area contributed by atoms with E-state index in [1.807, 2.05) is 49.1 Å². The van der Waals surface area contributed by atoms with Crippen LogP contribution in [0.15, 0.2) is 66.9 Å². The Bertz CT molecular complexity index is 1180. The van der Waals surface area contributed by atoms with Crippen molar-refractivity contribution in [2.45, 2.75) is 79.1 Å². The van der Waals surface area contributed by atoms with Gasteiger partial charge in [0, 0.05) is 30.5 Å². The van der Waals surface area contributed by atoms with Crippen molar-refractivity contribution in [2.24, 2.45) is 0 Å². The van der Waals surface area contributed by atoms with Gasteiger partial charge in [-0.05, 0) is 74.6 Å². The minimum atomic E-state index is -0.0371. The summed E-state index contributed by atoms with van der Waals surface area (Å²) in [5.41, 5.74) is 4.51. The van der Waals surface area contributed by atoms with Crippen molar-refractivity contribution in [3.8, 4) is 5.75 Å². The lowest BCUT2D eigenvalue weighted by atomic mass is 10.1. The van der Waals surface area contributed by atoms with Crippen LogP contribution in [-0.2, 0) is 29.1 Å². The number of hydrogen-bond acceptors (Lipinski definition) is 3. The smallest absolute Gasteiger partial charge is 0.242 e. The highest BCUT2D eigenvalue weighted by Crippen LogP contribution is 2.18. The molecule has 3 aromatic rings. The van der Waals surface area contributed by atoms with Crippen molar-refractivity contribution in [3.63, 3.8) is 0 Å². The molecule has 0 N–H and O–H groups in total. The lowest BCUT2D eigenvalue weighted by Gasteiger charge is -2.34. The molecule has 1 heterocycles. The molecular weight excluding hydrogens is 474 g/mol. The molecule has 2 amide bonds. The molecule has 0 spiro atoms. The van der Waals surface area contributed by atoms with Crippen molar-refractivity contribution in [1.82, 2.24) is 14.4 Å². The fourth-order valence-electron chi connectivity index (χ4n) is 4.57. The summed E-state index contributed by atoms with van der Waals surface area (Å²) in [5.74, 6) is 0.697. The summed E-state index contributed by atoms with van der Waals surface area (Å²) in [6, 6.07) is 20.1. The Morgan fingerprint density at radius 3 is 2.16 bits per heavy atom. The second-order valence-corrected chi connectivity index (χ2v) is 10.1. The van der Waals surface area contributed by atoms with Gasteiger partial charge in [0.1, 0.15) is 12.3 Å². The van der Waals surface area contributed by atoms with Crippen LogP contribution in [0.2, 0.25) is 0 Å². The zero-order valence-corrected chi connectivity index (χ0v) is 23.8. The summed E-state index contributed by atoms with van der Waals surface area (Å²) < 4.78 is 7.45. The van der Waals surface area contributed by atoms with Crippen LogP contribution >= 0.6 is 0 Å². The first kappa shape index (κ1) is 29.0. The SMILES string of the molecule is CCC(C)N(CC(=O)N(Cc1cccn1Cc1ccccc1C)C(C)CC)C(=O)Cc1ccc(OC)cc1. The number of aryl methyl sites for hydroxylation is 1. The number of amides is 2. The number of carbonyl (C=O) groups excluding carboxylic acids is 2. The Labute approximate surface area is 228 Å². The van der Waals surface area contributed by atoms with Gasteiger partial charge in [0.25, 0.3) is 0 Å². The van der Waals surface area contributed by atoms with Crippen LogP contribution in [-0.4, -0.2) is 51.9 Å². The zero-order valence-electron chi connectivity index (χ0n) is 23.8. The number of rotatable bonds is 13. The van der Waals surface area contributed by atoms with E-state index in [9.17, 15) is 9.59 Å². The second kappa shape index (κ2) is 13.8. The summed E-state index contributed by atoms with van der Waals surface area (Å²) >= 11 is 0. The van der Waals surface area contributed by atoms with E-state index in [0.29, 0.717) is 6.54 Å². The lowest BCUT2D eigenvalue weighted by Crippen LogP contribution is -2.49. The van der Waals surface area contributed by atoms with Crippen molar-refractivity contribution < 1.29 is 14.3 Å². The van der Waals surface area contributed by atoms with Gasteiger partial charge in [-0.25, -0.2) is 0 Å². The molecule has 2 aromatic carbocycles. The van der Waals surface area contributed by atoms with Crippen LogP contribution in [0, 0.1) is 6.92 Å². The molecule has 0 aliphatic rings. The summed E-state index contributed by atoms with van der Waals surface area (Å²) in [6.45, 7) is 11.7. The topological polar surface area (TPSA) is 54.8 Å². The molecule has 0 bridgehead atoms. The van der Waals surface area contributed by atoms with Crippen LogP contribution in [0.4, 0.5) is 0 Å². The molecule has 38 heavy (non-hydrogen) atoms. The van der Waals surface area contributed by atoms with Gasteiger partial charge in [-0.1, -0.05) is 50.2 Å². The van der Waals surface area contributed by atoms with E-state index in [-0.39, 0.29) is 36.9 Å². The number of carbonyl (C=O) groups is 2. The molecule has 6 heteroatoms. The maximum absolute atomic E-state index is 13.8. The van der Waals surface area contributed by atoms with Crippen molar-refractivity contribution in [1.29, 1.82) is 0 Å².